The van der Waals surface area contributed by atoms with Crippen LogP contribution in [0, 0.1) is 17.8 Å². The van der Waals surface area contributed by atoms with Gasteiger partial charge in [-0.2, -0.15) is 0 Å². The van der Waals surface area contributed by atoms with Crippen LogP contribution in [-0.2, 0) is 28.6 Å². The Bertz CT molecular complexity index is 459. The van der Waals surface area contributed by atoms with Gasteiger partial charge in [0, 0.05) is 12.8 Å². The molecule has 0 saturated carbocycles. The Morgan fingerprint density at radius 2 is 1.56 bits per heavy atom. The normalized spacial score (nSPS) is 17.2. The van der Waals surface area contributed by atoms with Crippen LogP contribution in [-0.4, -0.2) is 36.2 Å². The predicted octanol–water partition coefficient (Wildman–Crippen LogP) is 3.51. The lowest BCUT2D eigenvalue weighted by atomic mass is 9.87. The Morgan fingerprint density at radius 1 is 1.00 bits per heavy atom. The third kappa shape index (κ3) is 7.45. The van der Waals surface area contributed by atoms with Crippen molar-refractivity contribution in [2.45, 2.75) is 79.9 Å². The van der Waals surface area contributed by atoms with Crippen molar-refractivity contribution >= 4 is 17.9 Å². The second-order valence-corrected chi connectivity index (χ2v) is 7.13. The molecule has 0 aliphatic rings. The van der Waals surface area contributed by atoms with Gasteiger partial charge in [-0.05, 0) is 26.7 Å². The van der Waals surface area contributed by atoms with Crippen LogP contribution in [0.4, 0.5) is 0 Å². The summed E-state index contributed by atoms with van der Waals surface area (Å²) in [5.41, 5.74) is -0.921. The first-order valence-electron chi connectivity index (χ1n) is 9.05. The number of carbonyl (C=O) groups is 3. The van der Waals surface area contributed by atoms with Crippen LogP contribution in [0.3, 0.4) is 0 Å². The Hall–Kier alpha value is -1.59. The fraction of sp³-hybridized carbons (Fsp3) is 0.842. The molecule has 6 nitrogen and oxygen atoms in total. The quantitative estimate of drug-likeness (QED) is 0.439. The molecule has 0 aromatic carbocycles. The summed E-state index contributed by atoms with van der Waals surface area (Å²) in [5, 5.41) is 0. The second-order valence-electron chi connectivity index (χ2n) is 7.13. The highest BCUT2D eigenvalue weighted by Crippen LogP contribution is 2.29. The lowest BCUT2D eigenvalue weighted by Gasteiger charge is -2.35. The lowest BCUT2D eigenvalue weighted by molar-refractivity contribution is -0.180. The van der Waals surface area contributed by atoms with Crippen molar-refractivity contribution in [3.63, 3.8) is 0 Å². The van der Waals surface area contributed by atoms with Gasteiger partial charge in [0.2, 0.25) is 0 Å². The first kappa shape index (κ1) is 23.4. The van der Waals surface area contributed by atoms with Gasteiger partial charge in [-0.1, -0.05) is 34.6 Å². The Balaban J connectivity index is 4.97. The van der Waals surface area contributed by atoms with E-state index >= 15 is 0 Å². The summed E-state index contributed by atoms with van der Waals surface area (Å²) in [6.07, 6.45) is 0.744. The Morgan fingerprint density at radius 3 is 1.96 bits per heavy atom. The van der Waals surface area contributed by atoms with E-state index < -0.39 is 17.5 Å². The summed E-state index contributed by atoms with van der Waals surface area (Å²) in [6.45, 7) is 14.2. The zero-order chi connectivity index (χ0) is 19.8. The molecule has 6 heteroatoms. The van der Waals surface area contributed by atoms with Crippen LogP contribution in [0.15, 0.2) is 0 Å². The molecule has 0 aromatic heterocycles. The average Bonchev–Trinajstić information content (AvgIpc) is 2.55. The summed E-state index contributed by atoms with van der Waals surface area (Å²) in [6, 6.07) is 0. The highest BCUT2D eigenvalue weighted by molar-refractivity contribution is 5.76. The number of hydrogen-bond donors (Lipinski definition) is 0. The molecule has 0 radical (unpaired) electrons. The van der Waals surface area contributed by atoms with Crippen LogP contribution in [0.2, 0.25) is 0 Å². The molecular weight excluding hydrogens is 324 g/mol. The van der Waals surface area contributed by atoms with Crippen molar-refractivity contribution in [1.29, 1.82) is 0 Å². The molecule has 0 rings (SSSR count). The molecule has 25 heavy (non-hydrogen) atoms. The van der Waals surface area contributed by atoms with E-state index in [0.717, 1.165) is 0 Å². The van der Waals surface area contributed by atoms with E-state index in [1.54, 1.807) is 27.7 Å². The Labute approximate surface area is 151 Å². The van der Waals surface area contributed by atoms with Crippen LogP contribution >= 0.6 is 0 Å². The van der Waals surface area contributed by atoms with Gasteiger partial charge < -0.3 is 14.2 Å². The maximum atomic E-state index is 12.6. The van der Waals surface area contributed by atoms with E-state index in [9.17, 15) is 14.4 Å². The van der Waals surface area contributed by atoms with Gasteiger partial charge in [0.1, 0.15) is 11.7 Å². The summed E-state index contributed by atoms with van der Waals surface area (Å²) in [4.78, 5) is 35.5. The molecule has 0 amide bonds. The number of carbonyl (C=O) groups excluding carboxylic acids is 3. The molecule has 0 N–H and O–H groups in total. The van der Waals surface area contributed by atoms with Crippen LogP contribution in [0.5, 0.6) is 0 Å². The minimum atomic E-state index is -0.921. The average molecular weight is 358 g/mol. The fourth-order valence-corrected chi connectivity index (χ4v) is 2.27. The van der Waals surface area contributed by atoms with Crippen LogP contribution < -0.4 is 0 Å². The SMILES string of the molecule is CCC(OC(=O)C(C)C(C)(CC)OC(=O)C(C)C)C(C)COC(C)=O. The predicted molar refractivity (Wildman–Crippen MR) is 94.8 cm³/mol. The van der Waals surface area contributed by atoms with Crippen molar-refractivity contribution in [3.8, 4) is 0 Å². The van der Waals surface area contributed by atoms with Crippen LogP contribution in [0.1, 0.15) is 68.2 Å². The Kier molecular flexibility index (Phi) is 9.75. The number of rotatable bonds is 10. The van der Waals surface area contributed by atoms with Gasteiger partial charge in [-0.25, -0.2) is 0 Å². The van der Waals surface area contributed by atoms with Crippen molar-refractivity contribution in [2.24, 2.45) is 17.8 Å². The van der Waals surface area contributed by atoms with Crippen LogP contribution in [0.25, 0.3) is 0 Å². The standard InChI is InChI=1S/C19H34O6/c1-9-16(13(5)11-23-15(7)20)24-18(22)14(6)19(8,10-2)25-17(21)12(3)4/h12-14,16H,9-11H2,1-8H3. The molecule has 4 unspecified atom stereocenters. The minimum Gasteiger partial charge on any atom is -0.465 e. The molecule has 0 heterocycles. The van der Waals surface area contributed by atoms with E-state index in [2.05, 4.69) is 0 Å². The molecule has 4 atom stereocenters. The van der Waals surface area contributed by atoms with E-state index in [0.29, 0.717) is 12.8 Å². The zero-order valence-electron chi connectivity index (χ0n) is 16.9. The molecule has 0 fully saturated rings. The third-order valence-corrected chi connectivity index (χ3v) is 4.63. The largest absolute Gasteiger partial charge is 0.465 e. The molecule has 0 bridgehead atoms. The molecule has 0 aromatic rings. The van der Waals surface area contributed by atoms with Gasteiger partial charge in [-0.3, -0.25) is 14.4 Å². The summed E-state index contributed by atoms with van der Waals surface area (Å²) < 4.78 is 16.2. The molecule has 0 spiro atoms. The van der Waals surface area contributed by atoms with Gasteiger partial charge in [0.25, 0.3) is 0 Å². The number of esters is 3. The van der Waals surface area contributed by atoms with Crippen molar-refractivity contribution < 1.29 is 28.6 Å². The molecule has 146 valence electrons. The fourth-order valence-electron chi connectivity index (χ4n) is 2.27. The maximum Gasteiger partial charge on any atom is 0.313 e. The molecular formula is C19H34O6. The highest BCUT2D eigenvalue weighted by Gasteiger charge is 2.40. The highest BCUT2D eigenvalue weighted by atomic mass is 16.6. The monoisotopic (exact) mass is 358 g/mol. The summed E-state index contributed by atoms with van der Waals surface area (Å²) in [5.74, 6) is -2.09. The first-order chi connectivity index (χ1) is 11.5. The summed E-state index contributed by atoms with van der Waals surface area (Å²) in [7, 11) is 0. The van der Waals surface area contributed by atoms with E-state index in [1.165, 1.54) is 6.92 Å². The van der Waals surface area contributed by atoms with E-state index in [-0.39, 0.29) is 36.5 Å². The molecule has 0 aliphatic carbocycles. The van der Waals surface area contributed by atoms with Crippen molar-refractivity contribution in [1.82, 2.24) is 0 Å². The zero-order valence-corrected chi connectivity index (χ0v) is 16.9. The van der Waals surface area contributed by atoms with E-state index in [4.69, 9.17) is 14.2 Å². The lowest BCUT2D eigenvalue weighted by Crippen LogP contribution is -2.44. The van der Waals surface area contributed by atoms with Gasteiger partial charge in [0.05, 0.1) is 18.4 Å². The second kappa shape index (κ2) is 10.4. The minimum absolute atomic E-state index is 0.115. The first-order valence-corrected chi connectivity index (χ1v) is 9.05. The molecule has 0 aliphatic heterocycles. The van der Waals surface area contributed by atoms with Crippen molar-refractivity contribution in [3.05, 3.63) is 0 Å². The molecule has 0 saturated heterocycles. The van der Waals surface area contributed by atoms with E-state index in [1.807, 2.05) is 20.8 Å². The third-order valence-electron chi connectivity index (χ3n) is 4.63. The topological polar surface area (TPSA) is 78.9 Å². The summed E-state index contributed by atoms with van der Waals surface area (Å²) >= 11 is 0. The van der Waals surface area contributed by atoms with Gasteiger partial charge >= 0.3 is 17.9 Å². The maximum absolute atomic E-state index is 12.6. The van der Waals surface area contributed by atoms with Gasteiger partial charge in [0.15, 0.2) is 0 Å². The smallest absolute Gasteiger partial charge is 0.313 e. The van der Waals surface area contributed by atoms with Crippen molar-refractivity contribution in [2.75, 3.05) is 6.61 Å². The number of ether oxygens (including phenoxy) is 3. The number of hydrogen-bond acceptors (Lipinski definition) is 6. The van der Waals surface area contributed by atoms with Gasteiger partial charge in [-0.15, -0.1) is 0 Å².